The second-order valence-corrected chi connectivity index (χ2v) is 8.92. The number of rotatable bonds is 2. The molecule has 6 rings (SSSR count). The molecule has 150 valence electrons. The lowest BCUT2D eigenvalue weighted by Gasteiger charge is -2.23. The monoisotopic (exact) mass is 465 g/mol. The third kappa shape index (κ3) is 2.94. The zero-order valence-electron chi connectivity index (χ0n) is 17.1. The van der Waals surface area contributed by atoms with Gasteiger partial charge in [-0.2, -0.15) is 5.10 Å². The Morgan fingerprint density at radius 1 is 0.806 bits per heavy atom. The summed E-state index contributed by atoms with van der Waals surface area (Å²) < 4.78 is 3.07. The highest BCUT2D eigenvalue weighted by Gasteiger charge is 2.26. The van der Waals surface area contributed by atoms with E-state index >= 15 is 0 Å². The van der Waals surface area contributed by atoms with Crippen molar-refractivity contribution in [2.75, 3.05) is 0 Å². The molecule has 0 amide bonds. The number of fused-ring (bicyclic) bond motifs is 4. The zero-order chi connectivity index (χ0) is 20.9. The van der Waals surface area contributed by atoms with Gasteiger partial charge < -0.3 is 0 Å². The standard InChI is InChI=1S/C27H20BrN3/c1-17-24-25(19-11-14-20(28)15-12-19)26-22-10-6-5-7-18(22)13-16-23(26)29-27(24)31(30-17)21-8-3-2-4-9-21/h2-12,14-15H,13,16H2,1H3. The van der Waals surface area contributed by atoms with Crippen LogP contribution in [0.1, 0.15) is 17.0 Å². The molecule has 0 atom stereocenters. The normalized spacial score (nSPS) is 12.6. The predicted octanol–water partition coefficient (Wildman–Crippen LogP) is 6.92. The third-order valence-corrected chi connectivity index (χ3v) is 6.65. The zero-order valence-corrected chi connectivity index (χ0v) is 18.7. The van der Waals surface area contributed by atoms with Crippen LogP contribution in [0.5, 0.6) is 0 Å². The molecular formula is C27H20BrN3. The van der Waals surface area contributed by atoms with Crippen LogP contribution >= 0.6 is 15.9 Å². The maximum absolute atomic E-state index is 5.21. The van der Waals surface area contributed by atoms with Crippen molar-refractivity contribution in [3.63, 3.8) is 0 Å². The van der Waals surface area contributed by atoms with Crippen molar-refractivity contribution < 1.29 is 0 Å². The Morgan fingerprint density at radius 3 is 2.35 bits per heavy atom. The average molecular weight is 466 g/mol. The van der Waals surface area contributed by atoms with Crippen molar-refractivity contribution >= 4 is 27.0 Å². The number of hydrogen-bond donors (Lipinski definition) is 0. The SMILES string of the molecule is Cc1nn(-c2ccccc2)c2nc3c(c(-c4ccc(Br)cc4)c12)-c1ccccc1CC3. The fourth-order valence-electron chi connectivity index (χ4n) is 4.72. The molecule has 3 nitrogen and oxygen atoms in total. The Kier molecular flexibility index (Phi) is 4.29. The van der Waals surface area contributed by atoms with Crippen LogP contribution < -0.4 is 0 Å². The summed E-state index contributed by atoms with van der Waals surface area (Å²) in [5.41, 5.74) is 10.5. The summed E-state index contributed by atoms with van der Waals surface area (Å²) in [5, 5.41) is 6.06. The predicted molar refractivity (Wildman–Crippen MR) is 130 cm³/mol. The van der Waals surface area contributed by atoms with Crippen molar-refractivity contribution in [1.29, 1.82) is 0 Å². The van der Waals surface area contributed by atoms with Crippen LogP contribution in [0.3, 0.4) is 0 Å². The minimum atomic E-state index is 0.930. The van der Waals surface area contributed by atoms with Gasteiger partial charge in [-0.15, -0.1) is 0 Å². The smallest absolute Gasteiger partial charge is 0.164 e. The number of hydrogen-bond acceptors (Lipinski definition) is 2. The lowest BCUT2D eigenvalue weighted by molar-refractivity contribution is 0.859. The average Bonchev–Trinajstić information content (AvgIpc) is 3.15. The maximum Gasteiger partial charge on any atom is 0.164 e. The first kappa shape index (κ1) is 18.5. The molecule has 0 spiro atoms. The van der Waals surface area contributed by atoms with Gasteiger partial charge in [0.2, 0.25) is 0 Å². The van der Waals surface area contributed by atoms with Gasteiger partial charge in [-0.05, 0) is 60.7 Å². The highest BCUT2D eigenvalue weighted by molar-refractivity contribution is 9.10. The first-order chi connectivity index (χ1) is 15.2. The molecule has 0 aliphatic heterocycles. The fraction of sp³-hybridized carbons (Fsp3) is 0.111. The molecule has 0 bridgehead atoms. The van der Waals surface area contributed by atoms with E-state index in [1.807, 2.05) is 22.9 Å². The van der Waals surface area contributed by atoms with Crippen LogP contribution in [0.15, 0.2) is 83.3 Å². The second-order valence-electron chi connectivity index (χ2n) is 8.00. The minimum absolute atomic E-state index is 0.930. The van der Waals surface area contributed by atoms with Gasteiger partial charge in [-0.25, -0.2) is 9.67 Å². The fourth-order valence-corrected chi connectivity index (χ4v) is 4.99. The van der Waals surface area contributed by atoms with Crippen LogP contribution in [0, 0.1) is 6.92 Å². The van der Waals surface area contributed by atoms with Gasteiger partial charge in [0.1, 0.15) is 0 Å². The van der Waals surface area contributed by atoms with E-state index in [1.54, 1.807) is 0 Å². The molecule has 5 aromatic rings. The van der Waals surface area contributed by atoms with Crippen molar-refractivity contribution in [3.8, 4) is 27.9 Å². The molecular weight excluding hydrogens is 446 g/mol. The van der Waals surface area contributed by atoms with E-state index in [4.69, 9.17) is 10.1 Å². The molecule has 1 aliphatic carbocycles. The molecule has 2 heterocycles. The van der Waals surface area contributed by atoms with Gasteiger partial charge in [-0.1, -0.05) is 70.5 Å². The molecule has 0 fully saturated rings. The highest BCUT2D eigenvalue weighted by atomic mass is 79.9. The largest absolute Gasteiger partial charge is 0.232 e. The number of para-hydroxylation sites is 1. The summed E-state index contributed by atoms with van der Waals surface area (Å²) in [4.78, 5) is 5.21. The molecule has 4 heteroatoms. The molecule has 2 aromatic heterocycles. The molecule has 0 unspecified atom stereocenters. The Balaban J connectivity index is 1.76. The number of aromatic nitrogens is 3. The van der Waals surface area contributed by atoms with Crippen molar-refractivity contribution in [1.82, 2.24) is 14.8 Å². The first-order valence-electron chi connectivity index (χ1n) is 10.5. The summed E-state index contributed by atoms with van der Waals surface area (Å²) in [6.45, 7) is 2.09. The van der Waals surface area contributed by atoms with Gasteiger partial charge in [0.15, 0.2) is 5.65 Å². The maximum atomic E-state index is 5.21. The van der Waals surface area contributed by atoms with Gasteiger partial charge in [-0.3, -0.25) is 0 Å². The number of aryl methyl sites for hydroxylation is 3. The van der Waals surface area contributed by atoms with Gasteiger partial charge in [0.05, 0.1) is 22.5 Å². The Bertz CT molecular complexity index is 1430. The van der Waals surface area contributed by atoms with Crippen molar-refractivity contribution in [2.45, 2.75) is 19.8 Å². The molecule has 0 saturated carbocycles. The Morgan fingerprint density at radius 2 is 1.55 bits per heavy atom. The third-order valence-electron chi connectivity index (χ3n) is 6.12. The highest BCUT2D eigenvalue weighted by Crippen LogP contribution is 2.44. The number of nitrogens with zero attached hydrogens (tertiary/aromatic N) is 3. The van der Waals surface area contributed by atoms with E-state index in [1.165, 1.54) is 27.8 Å². The molecule has 3 aromatic carbocycles. The van der Waals surface area contributed by atoms with Crippen LogP contribution in [-0.2, 0) is 12.8 Å². The van der Waals surface area contributed by atoms with Gasteiger partial charge in [0, 0.05) is 15.6 Å². The second kappa shape index (κ2) is 7.17. The van der Waals surface area contributed by atoms with E-state index in [9.17, 15) is 0 Å². The summed E-state index contributed by atoms with van der Waals surface area (Å²) >= 11 is 3.59. The van der Waals surface area contributed by atoms with Crippen molar-refractivity contribution in [2.24, 2.45) is 0 Å². The lowest BCUT2D eigenvalue weighted by atomic mass is 9.83. The van der Waals surface area contributed by atoms with Crippen LogP contribution in [-0.4, -0.2) is 14.8 Å². The van der Waals surface area contributed by atoms with E-state index in [-0.39, 0.29) is 0 Å². The van der Waals surface area contributed by atoms with Crippen LogP contribution in [0.25, 0.3) is 39.0 Å². The van der Waals surface area contributed by atoms with Gasteiger partial charge >= 0.3 is 0 Å². The lowest BCUT2D eigenvalue weighted by Crippen LogP contribution is -2.09. The van der Waals surface area contributed by atoms with E-state index < -0.39 is 0 Å². The number of halogens is 1. The summed E-state index contributed by atoms with van der Waals surface area (Å²) in [5.74, 6) is 0. The van der Waals surface area contributed by atoms with Crippen molar-refractivity contribution in [3.05, 3.63) is 100 Å². The van der Waals surface area contributed by atoms with Crippen LogP contribution in [0.2, 0.25) is 0 Å². The minimum Gasteiger partial charge on any atom is -0.232 e. The number of benzene rings is 3. The van der Waals surface area contributed by atoms with Crippen LogP contribution in [0.4, 0.5) is 0 Å². The molecule has 1 aliphatic rings. The Labute approximate surface area is 189 Å². The summed E-state index contributed by atoms with van der Waals surface area (Å²) in [6, 6.07) is 27.6. The number of pyridine rings is 1. The molecule has 31 heavy (non-hydrogen) atoms. The van der Waals surface area contributed by atoms with Gasteiger partial charge in [0.25, 0.3) is 0 Å². The molecule has 0 radical (unpaired) electrons. The topological polar surface area (TPSA) is 30.7 Å². The summed E-state index contributed by atoms with van der Waals surface area (Å²) in [6.07, 6.45) is 1.95. The molecule has 0 saturated heterocycles. The van der Waals surface area contributed by atoms with E-state index in [0.29, 0.717) is 0 Å². The van der Waals surface area contributed by atoms with E-state index in [0.717, 1.165) is 45.4 Å². The first-order valence-corrected chi connectivity index (χ1v) is 11.3. The Hall–Kier alpha value is -3.24. The summed E-state index contributed by atoms with van der Waals surface area (Å²) in [7, 11) is 0. The van der Waals surface area contributed by atoms with E-state index in [2.05, 4.69) is 83.5 Å². The quantitative estimate of drug-likeness (QED) is 0.283. The molecule has 0 N–H and O–H groups in total.